The van der Waals surface area contributed by atoms with Crippen LogP contribution in [0.5, 0.6) is 5.75 Å². The van der Waals surface area contributed by atoms with Crippen molar-refractivity contribution in [2.45, 2.75) is 6.61 Å². The number of hydrogen-bond acceptors (Lipinski definition) is 4. The first-order chi connectivity index (χ1) is 11.6. The predicted molar refractivity (Wildman–Crippen MR) is 94.8 cm³/mol. The van der Waals surface area contributed by atoms with Gasteiger partial charge in [-0.1, -0.05) is 30.3 Å². The van der Waals surface area contributed by atoms with Gasteiger partial charge in [0.05, 0.1) is 4.92 Å². The van der Waals surface area contributed by atoms with E-state index in [0.717, 1.165) is 5.56 Å². The molecular formula is C18H13BrN2O3. The zero-order valence-corrected chi connectivity index (χ0v) is 14.1. The van der Waals surface area contributed by atoms with Gasteiger partial charge in [-0.05, 0) is 45.8 Å². The van der Waals surface area contributed by atoms with Crippen molar-refractivity contribution in [1.29, 1.82) is 0 Å². The summed E-state index contributed by atoms with van der Waals surface area (Å²) in [5.41, 5.74) is 2.04. The topological polar surface area (TPSA) is 65.3 Å². The van der Waals surface area contributed by atoms with Gasteiger partial charge in [-0.3, -0.25) is 10.1 Å². The number of aromatic nitrogens is 1. The van der Waals surface area contributed by atoms with E-state index in [0.29, 0.717) is 28.1 Å². The Morgan fingerprint density at radius 3 is 2.46 bits per heavy atom. The summed E-state index contributed by atoms with van der Waals surface area (Å²) in [5.74, 6) is 0.697. The minimum Gasteiger partial charge on any atom is -0.489 e. The summed E-state index contributed by atoms with van der Waals surface area (Å²) in [7, 11) is 0. The molecule has 1 heterocycles. The fraction of sp³-hybridized carbons (Fsp3) is 0.0556. The molecule has 0 aliphatic carbocycles. The smallest absolute Gasteiger partial charge is 0.296 e. The highest BCUT2D eigenvalue weighted by atomic mass is 79.9. The Hall–Kier alpha value is -2.73. The highest BCUT2D eigenvalue weighted by molar-refractivity contribution is 9.10. The largest absolute Gasteiger partial charge is 0.489 e. The summed E-state index contributed by atoms with van der Waals surface area (Å²) < 4.78 is 6.29. The van der Waals surface area contributed by atoms with Crippen LogP contribution in [0.25, 0.3) is 11.3 Å². The van der Waals surface area contributed by atoms with Crippen LogP contribution in [0.15, 0.2) is 71.3 Å². The summed E-state index contributed by atoms with van der Waals surface area (Å²) in [6.45, 7) is 0.469. The molecule has 120 valence electrons. The molecule has 6 heteroatoms. The number of rotatable bonds is 5. The maximum Gasteiger partial charge on any atom is 0.296 e. The van der Waals surface area contributed by atoms with Gasteiger partial charge in [0.15, 0.2) is 0 Å². The van der Waals surface area contributed by atoms with E-state index in [1.54, 1.807) is 30.5 Å². The molecule has 5 nitrogen and oxygen atoms in total. The molecule has 2 aromatic carbocycles. The van der Waals surface area contributed by atoms with E-state index in [9.17, 15) is 10.1 Å². The average molecular weight is 385 g/mol. The molecule has 0 atom stereocenters. The molecule has 0 saturated heterocycles. The Morgan fingerprint density at radius 1 is 1.08 bits per heavy atom. The zero-order valence-electron chi connectivity index (χ0n) is 12.6. The van der Waals surface area contributed by atoms with Crippen LogP contribution in [0, 0.1) is 10.1 Å². The van der Waals surface area contributed by atoms with E-state index in [4.69, 9.17) is 4.74 Å². The normalized spacial score (nSPS) is 10.4. The molecule has 0 unspecified atom stereocenters. The number of ether oxygens (including phenoxy) is 1. The van der Waals surface area contributed by atoms with Crippen molar-refractivity contribution < 1.29 is 9.66 Å². The fourth-order valence-corrected chi connectivity index (χ4v) is 2.56. The lowest BCUT2D eigenvalue weighted by molar-refractivity contribution is -0.384. The maximum atomic E-state index is 11.2. The summed E-state index contributed by atoms with van der Waals surface area (Å²) >= 11 is 3.20. The lowest BCUT2D eigenvalue weighted by Gasteiger charge is -2.07. The quantitative estimate of drug-likeness (QED) is 0.458. The molecule has 0 fully saturated rings. The van der Waals surface area contributed by atoms with Crippen molar-refractivity contribution in [1.82, 2.24) is 4.98 Å². The third-order valence-electron chi connectivity index (χ3n) is 3.41. The van der Waals surface area contributed by atoms with Crippen molar-refractivity contribution in [3.63, 3.8) is 0 Å². The van der Waals surface area contributed by atoms with E-state index in [1.807, 2.05) is 30.3 Å². The van der Waals surface area contributed by atoms with Gasteiger partial charge in [-0.15, -0.1) is 0 Å². The van der Waals surface area contributed by atoms with Crippen LogP contribution < -0.4 is 4.74 Å². The van der Waals surface area contributed by atoms with Crippen LogP contribution >= 0.6 is 15.9 Å². The Labute approximate surface area is 147 Å². The molecule has 24 heavy (non-hydrogen) atoms. The lowest BCUT2D eigenvalue weighted by atomic mass is 10.1. The fourth-order valence-electron chi connectivity index (χ4n) is 2.24. The van der Waals surface area contributed by atoms with E-state index in [2.05, 4.69) is 20.9 Å². The maximum absolute atomic E-state index is 11.2. The van der Waals surface area contributed by atoms with Crippen molar-refractivity contribution in [2.24, 2.45) is 0 Å². The van der Waals surface area contributed by atoms with Gasteiger partial charge in [0.1, 0.15) is 18.1 Å². The molecule has 0 bridgehead atoms. The first-order valence-electron chi connectivity index (χ1n) is 7.20. The monoisotopic (exact) mass is 384 g/mol. The first-order valence-corrected chi connectivity index (χ1v) is 8.00. The van der Waals surface area contributed by atoms with E-state index < -0.39 is 4.92 Å². The zero-order chi connectivity index (χ0) is 16.9. The molecule has 0 radical (unpaired) electrons. The second-order valence-electron chi connectivity index (χ2n) is 5.08. The number of halogens is 1. The molecule has 0 N–H and O–H groups in total. The number of nitrogens with zero attached hydrogens (tertiary/aromatic N) is 2. The number of nitro groups is 1. The molecule has 0 spiro atoms. The molecule has 0 amide bonds. The number of pyridine rings is 1. The third-order valence-corrected chi connectivity index (χ3v) is 3.84. The van der Waals surface area contributed by atoms with Crippen LogP contribution in [0.4, 0.5) is 5.69 Å². The van der Waals surface area contributed by atoms with Crippen LogP contribution in [0.1, 0.15) is 5.56 Å². The van der Waals surface area contributed by atoms with Gasteiger partial charge in [0.25, 0.3) is 5.69 Å². The molecule has 0 aliphatic rings. The molecule has 3 aromatic rings. The van der Waals surface area contributed by atoms with Crippen molar-refractivity contribution >= 4 is 21.6 Å². The lowest BCUT2D eigenvalue weighted by Crippen LogP contribution is -1.96. The highest BCUT2D eigenvalue weighted by Crippen LogP contribution is 2.31. The van der Waals surface area contributed by atoms with Gasteiger partial charge in [0.2, 0.25) is 0 Å². The van der Waals surface area contributed by atoms with E-state index in [-0.39, 0.29) is 5.69 Å². The van der Waals surface area contributed by atoms with Crippen molar-refractivity contribution in [3.05, 3.63) is 87.0 Å². The van der Waals surface area contributed by atoms with Crippen LogP contribution in [0.2, 0.25) is 0 Å². The highest BCUT2D eigenvalue weighted by Gasteiger charge is 2.17. The molecule has 0 saturated carbocycles. The van der Waals surface area contributed by atoms with E-state index in [1.165, 1.54) is 6.07 Å². The van der Waals surface area contributed by atoms with Crippen LogP contribution in [-0.4, -0.2) is 9.91 Å². The minimum absolute atomic E-state index is 0.0395. The first kappa shape index (κ1) is 16.1. The minimum atomic E-state index is -0.438. The van der Waals surface area contributed by atoms with Gasteiger partial charge in [-0.2, -0.15) is 0 Å². The summed E-state index contributed by atoms with van der Waals surface area (Å²) in [6, 6.07) is 18.4. The predicted octanol–water partition coefficient (Wildman–Crippen LogP) is 5.00. The van der Waals surface area contributed by atoms with Crippen molar-refractivity contribution in [3.8, 4) is 17.0 Å². The van der Waals surface area contributed by atoms with Crippen LogP contribution in [-0.2, 0) is 6.61 Å². The van der Waals surface area contributed by atoms with E-state index >= 15 is 0 Å². The number of benzene rings is 2. The average Bonchev–Trinajstić information content (AvgIpc) is 2.61. The third kappa shape index (κ3) is 3.78. The molecule has 3 rings (SSSR count). The Balaban J connectivity index is 1.79. The Morgan fingerprint density at radius 2 is 1.79 bits per heavy atom. The summed E-state index contributed by atoms with van der Waals surface area (Å²) in [4.78, 5) is 14.9. The second-order valence-corrected chi connectivity index (χ2v) is 5.99. The summed E-state index contributed by atoms with van der Waals surface area (Å²) in [5, 5.41) is 11.2. The van der Waals surface area contributed by atoms with Gasteiger partial charge < -0.3 is 4.74 Å². The van der Waals surface area contributed by atoms with Gasteiger partial charge >= 0.3 is 0 Å². The Kier molecular flexibility index (Phi) is 4.86. The van der Waals surface area contributed by atoms with Gasteiger partial charge in [-0.25, -0.2) is 4.98 Å². The summed E-state index contributed by atoms with van der Waals surface area (Å²) in [6.07, 6.45) is 1.54. The SMILES string of the molecule is O=[N+]([O-])c1cc(Br)cnc1-c1ccc(OCc2ccccc2)cc1. The van der Waals surface area contributed by atoms with Crippen molar-refractivity contribution in [2.75, 3.05) is 0 Å². The molecule has 0 aliphatic heterocycles. The standard InChI is InChI=1S/C18H13BrN2O3/c19-15-10-17(21(22)23)18(20-11-15)14-6-8-16(9-7-14)24-12-13-4-2-1-3-5-13/h1-11H,12H2. The van der Waals surface area contributed by atoms with Gasteiger partial charge in [0, 0.05) is 22.3 Å². The molecular weight excluding hydrogens is 372 g/mol. The second kappa shape index (κ2) is 7.23. The Bertz CT molecular complexity index is 852. The van der Waals surface area contributed by atoms with Crippen LogP contribution in [0.3, 0.4) is 0 Å². The molecule has 1 aromatic heterocycles. The number of hydrogen-bond donors (Lipinski definition) is 0.